The van der Waals surface area contributed by atoms with Gasteiger partial charge in [0.1, 0.15) is 11.5 Å². The molecule has 2 heterocycles. The summed E-state index contributed by atoms with van der Waals surface area (Å²) in [5.41, 5.74) is 2.48. The Balaban J connectivity index is 1.48. The minimum Gasteiger partial charge on any atom is -0.349 e. The van der Waals surface area contributed by atoms with Crippen molar-refractivity contribution >= 4 is 16.9 Å². The van der Waals surface area contributed by atoms with E-state index < -0.39 is 0 Å². The molecule has 140 valence electrons. The molecule has 4 aromatic rings. The first-order chi connectivity index (χ1) is 13.6. The number of para-hydroxylation sites is 3. The summed E-state index contributed by atoms with van der Waals surface area (Å²) in [4.78, 5) is 29.1. The van der Waals surface area contributed by atoms with Crippen LogP contribution >= 0.6 is 0 Å². The molecule has 0 radical (unpaired) electrons. The predicted molar refractivity (Wildman–Crippen MR) is 107 cm³/mol. The summed E-state index contributed by atoms with van der Waals surface area (Å²) >= 11 is 0. The SMILES string of the molecule is Cc1nc2ccccc2n1CCNC(=O)c1ccc(=O)n(-c2ccccc2)n1. The lowest BCUT2D eigenvalue weighted by Crippen LogP contribution is -2.31. The van der Waals surface area contributed by atoms with Crippen LogP contribution in [0.15, 0.2) is 71.5 Å². The fraction of sp³-hybridized carbons (Fsp3) is 0.143. The van der Waals surface area contributed by atoms with Gasteiger partial charge in [-0.25, -0.2) is 4.98 Å². The lowest BCUT2D eigenvalue weighted by molar-refractivity contribution is 0.0945. The molecule has 0 aliphatic heterocycles. The molecule has 4 rings (SSSR count). The highest BCUT2D eigenvalue weighted by atomic mass is 16.2. The summed E-state index contributed by atoms with van der Waals surface area (Å²) in [5, 5.41) is 7.06. The van der Waals surface area contributed by atoms with Gasteiger partial charge in [-0.15, -0.1) is 0 Å². The molecule has 7 nitrogen and oxygen atoms in total. The zero-order valence-electron chi connectivity index (χ0n) is 15.4. The van der Waals surface area contributed by atoms with Crippen molar-refractivity contribution in [1.29, 1.82) is 0 Å². The number of aryl methyl sites for hydroxylation is 1. The molecular formula is C21H19N5O2. The van der Waals surface area contributed by atoms with Crippen LogP contribution in [0.1, 0.15) is 16.3 Å². The number of carbonyl (C=O) groups excluding carboxylic acids is 1. The Kier molecular flexibility index (Phi) is 4.72. The molecule has 7 heteroatoms. The van der Waals surface area contributed by atoms with E-state index in [2.05, 4.69) is 20.0 Å². The van der Waals surface area contributed by atoms with Gasteiger partial charge in [-0.1, -0.05) is 30.3 Å². The van der Waals surface area contributed by atoms with Crippen LogP contribution in [0.3, 0.4) is 0 Å². The van der Waals surface area contributed by atoms with E-state index in [0.717, 1.165) is 16.9 Å². The van der Waals surface area contributed by atoms with Crippen molar-refractivity contribution in [2.24, 2.45) is 0 Å². The lowest BCUT2D eigenvalue weighted by Gasteiger charge is -2.09. The Morgan fingerprint density at radius 1 is 1.00 bits per heavy atom. The molecule has 0 spiro atoms. The van der Waals surface area contributed by atoms with E-state index in [1.54, 1.807) is 12.1 Å². The molecular weight excluding hydrogens is 354 g/mol. The maximum atomic E-state index is 12.5. The van der Waals surface area contributed by atoms with Gasteiger partial charge in [0, 0.05) is 19.2 Å². The first-order valence-electron chi connectivity index (χ1n) is 8.99. The maximum absolute atomic E-state index is 12.5. The lowest BCUT2D eigenvalue weighted by atomic mass is 10.3. The van der Waals surface area contributed by atoms with Gasteiger partial charge in [-0.2, -0.15) is 9.78 Å². The van der Waals surface area contributed by atoms with Crippen LogP contribution in [0, 0.1) is 6.92 Å². The second-order valence-corrected chi connectivity index (χ2v) is 6.36. The van der Waals surface area contributed by atoms with Crippen molar-refractivity contribution in [3.05, 3.63) is 88.6 Å². The van der Waals surface area contributed by atoms with Gasteiger partial charge < -0.3 is 9.88 Å². The van der Waals surface area contributed by atoms with Gasteiger partial charge in [0.2, 0.25) is 0 Å². The molecule has 0 bridgehead atoms. The van der Waals surface area contributed by atoms with Gasteiger partial charge >= 0.3 is 0 Å². The summed E-state index contributed by atoms with van der Waals surface area (Å²) in [6.45, 7) is 2.96. The van der Waals surface area contributed by atoms with Crippen LogP contribution < -0.4 is 10.9 Å². The minimum atomic E-state index is -0.327. The van der Waals surface area contributed by atoms with Crippen LogP contribution in [0.4, 0.5) is 0 Å². The zero-order valence-corrected chi connectivity index (χ0v) is 15.4. The molecule has 0 saturated heterocycles. The standard InChI is InChI=1S/C21H19N5O2/c1-15-23-17-9-5-6-10-19(17)25(15)14-13-22-21(28)18-11-12-20(27)26(24-18)16-7-3-2-4-8-16/h2-12H,13-14H2,1H3,(H,22,28). The van der Waals surface area contributed by atoms with E-state index in [4.69, 9.17) is 0 Å². The fourth-order valence-electron chi connectivity index (χ4n) is 3.14. The number of rotatable bonds is 5. The van der Waals surface area contributed by atoms with Gasteiger partial charge in [-0.3, -0.25) is 9.59 Å². The summed E-state index contributed by atoms with van der Waals surface area (Å²) < 4.78 is 3.29. The normalized spacial score (nSPS) is 10.9. The smallest absolute Gasteiger partial charge is 0.271 e. The van der Waals surface area contributed by atoms with Crippen LogP contribution in [0.25, 0.3) is 16.7 Å². The molecule has 1 N–H and O–H groups in total. The number of fused-ring (bicyclic) bond motifs is 1. The van der Waals surface area contributed by atoms with Crippen molar-refractivity contribution in [3.63, 3.8) is 0 Å². The highest BCUT2D eigenvalue weighted by molar-refractivity contribution is 5.92. The Morgan fingerprint density at radius 2 is 1.75 bits per heavy atom. The summed E-state index contributed by atoms with van der Waals surface area (Å²) in [6, 6.07) is 19.7. The molecule has 0 fully saturated rings. The van der Waals surface area contributed by atoms with E-state index in [0.29, 0.717) is 18.8 Å². The summed E-state index contributed by atoms with van der Waals surface area (Å²) in [5.74, 6) is 0.568. The van der Waals surface area contributed by atoms with Crippen molar-refractivity contribution in [2.75, 3.05) is 6.54 Å². The third kappa shape index (κ3) is 3.42. The minimum absolute atomic E-state index is 0.190. The van der Waals surface area contributed by atoms with E-state index in [9.17, 15) is 9.59 Å². The summed E-state index contributed by atoms with van der Waals surface area (Å²) in [6.07, 6.45) is 0. The van der Waals surface area contributed by atoms with Gasteiger partial charge in [-0.05, 0) is 37.3 Å². The van der Waals surface area contributed by atoms with Crippen molar-refractivity contribution in [2.45, 2.75) is 13.5 Å². The molecule has 0 aliphatic carbocycles. The largest absolute Gasteiger partial charge is 0.349 e. The second kappa shape index (κ2) is 7.48. The third-order valence-electron chi connectivity index (χ3n) is 4.50. The van der Waals surface area contributed by atoms with Gasteiger partial charge in [0.25, 0.3) is 11.5 Å². The van der Waals surface area contributed by atoms with E-state index in [-0.39, 0.29) is 17.2 Å². The quantitative estimate of drug-likeness (QED) is 0.582. The number of aromatic nitrogens is 4. The molecule has 1 amide bonds. The van der Waals surface area contributed by atoms with E-state index >= 15 is 0 Å². The van der Waals surface area contributed by atoms with Crippen LogP contribution in [-0.4, -0.2) is 31.8 Å². The second-order valence-electron chi connectivity index (χ2n) is 6.36. The maximum Gasteiger partial charge on any atom is 0.271 e. The average Bonchev–Trinajstić information content (AvgIpc) is 3.04. The van der Waals surface area contributed by atoms with Gasteiger partial charge in [0.05, 0.1) is 16.7 Å². The monoisotopic (exact) mass is 373 g/mol. The average molecular weight is 373 g/mol. The Labute approximate surface area is 161 Å². The first kappa shape index (κ1) is 17.7. The molecule has 0 unspecified atom stereocenters. The number of hydrogen-bond donors (Lipinski definition) is 1. The molecule has 2 aromatic heterocycles. The zero-order chi connectivity index (χ0) is 19.5. The Morgan fingerprint density at radius 3 is 2.57 bits per heavy atom. The van der Waals surface area contributed by atoms with Crippen LogP contribution in [-0.2, 0) is 6.54 Å². The first-order valence-corrected chi connectivity index (χ1v) is 8.99. The highest BCUT2D eigenvalue weighted by Crippen LogP contribution is 2.14. The summed E-state index contributed by atoms with van der Waals surface area (Å²) in [7, 11) is 0. The predicted octanol–water partition coefficient (Wildman–Crippen LogP) is 2.32. The number of hydrogen-bond acceptors (Lipinski definition) is 4. The van der Waals surface area contributed by atoms with Crippen LogP contribution in [0.2, 0.25) is 0 Å². The van der Waals surface area contributed by atoms with Gasteiger partial charge in [0.15, 0.2) is 0 Å². The van der Waals surface area contributed by atoms with E-state index in [1.807, 2.05) is 49.4 Å². The topological polar surface area (TPSA) is 81.8 Å². The molecule has 28 heavy (non-hydrogen) atoms. The fourth-order valence-corrected chi connectivity index (χ4v) is 3.14. The number of nitrogens with one attached hydrogen (secondary N) is 1. The van der Waals surface area contributed by atoms with Crippen molar-refractivity contribution < 1.29 is 4.79 Å². The highest BCUT2D eigenvalue weighted by Gasteiger charge is 2.11. The molecule has 0 saturated carbocycles. The van der Waals surface area contributed by atoms with Crippen molar-refractivity contribution in [1.82, 2.24) is 24.6 Å². The van der Waals surface area contributed by atoms with E-state index in [1.165, 1.54) is 16.8 Å². The molecule has 0 aliphatic rings. The van der Waals surface area contributed by atoms with Crippen LogP contribution in [0.5, 0.6) is 0 Å². The third-order valence-corrected chi connectivity index (χ3v) is 4.50. The number of imidazole rings is 1. The molecule has 0 atom stereocenters. The molecule has 2 aromatic carbocycles. The number of amides is 1. The Hall–Kier alpha value is -3.74. The number of carbonyl (C=O) groups is 1. The van der Waals surface area contributed by atoms with Crippen molar-refractivity contribution in [3.8, 4) is 5.69 Å². The number of benzene rings is 2. The Bertz CT molecular complexity index is 1190. The number of nitrogens with zero attached hydrogens (tertiary/aromatic N) is 4.